The van der Waals surface area contributed by atoms with Crippen LogP contribution in [-0.2, 0) is 16.0 Å². The van der Waals surface area contributed by atoms with Crippen molar-refractivity contribution < 1.29 is 9.59 Å². The highest BCUT2D eigenvalue weighted by molar-refractivity contribution is 5.89. The first-order valence-electron chi connectivity index (χ1n) is 8.21. The molecule has 1 N–H and O–H groups in total. The predicted molar refractivity (Wildman–Crippen MR) is 83.0 cm³/mol. The predicted octanol–water partition coefficient (Wildman–Crippen LogP) is 1.53. The molecule has 2 amide bonds. The molecule has 118 valence electrons. The summed E-state index contributed by atoms with van der Waals surface area (Å²) in [5.41, 5.74) is 0.970. The van der Waals surface area contributed by atoms with E-state index in [1.807, 2.05) is 23.1 Å². The lowest BCUT2D eigenvalue weighted by Crippen LogP contribution is -2.37. The Morgan fingerprint density at radius 2 is 2.14 bits per heavy atom. The Morgan fingerprint density at radius 3 is 2.86 bits per heavy atom. The first-order valence-corrected chi connectivity index (χ1v) is 8.21. The van der Waals surface area contributed by atoms with Gasteiger partial charge in [-0.1, -0.05) is 18.9 Å². The van der Waals surface area contributed by atoms with Crippen molar-refractivity contribution in [3.8, 4) is 0 Å². The summed E-state index contributed by atoms with van der Waals surface area (Å²) in [6, 6.07) is 6.15. The monoisotopic (exact) mass is 301 g/mol. The van der Waals surface area contributed by atoms with E-state index in [1.54, 1.807) is 6.20 Å². The molecule has 1 atom stereocenters. The fraction of sp³-hybridized carbons (Fsp3) is 0.588. The molecule has 1 saturated heterocycles. The van der Waals surface area contributed by atoms with Crippen LogP contribution < -0.4 is 5.32 Å². The van der Waals surface area contributed by atoms with Gasteiger partial charge in [0.2, 0.25) is 11.8 Å². The minimum absolute atomic E-state index is 0.00442. The van der Waals surface area contributed by atoms with Crippen LogP contribution in [0.3, 0.4) is 0 Å². The zero-order valence-electron chi connectivity index (χ0n) is 12.8. The van der Waals surface area contributed by atoms with Crippen molar-refractivity contribution in [3.63, 3.8) is 0 Å². The summed E-state index contributed by atoms with van der Waals surface area (Å²) < 4.78 is 0. The van der Waals surface area contributed by atoms with Crippen molar-refractivity contribution in [2.45, 2.75) is 44.6 Å². The Kier molecular flexibility index (Phi) is 4.71. The fourth-order valence-corrected chi connectivity index (χ4v) is 3.48. The Morgan fingerprint density at radius 1 is 1.32 bits per heavy atom. The molecule has 1 aliphatic heterocycles. The molecular formula is C17H23N3O2. The first-order chi connectivity index (χ1) is 10.7. The van der Waals surface area contributed by atoms with E-state index in [-0.39, 0.29) is 17.7 Å². The van der Waals surface area contributed by atoms with Crippen molar-refractivity contribution in [2.24, 2.45) is 5.92 Å². The van der Waals surface area contributed by atoms with Crippen LogP contribution in [0.2, 0.25) is 0 Å². The van der Waals surface area contributed by atoms with Crippen LogP contribution in [0.15, 0.2) is 24.4 Å². The lowest BCUT2D eigenvalue weighted by Gasteiger charge is -2.23. The highest BCUT2D eigenvalue weighted by atomic mass is 16.2. The summed E-state index contributed by atoms with van der Waals surface area (Å²) in [5, 5.41) is 2.95. The fourth-order valence-electron chi connectivity index (χ4n) is 3.48. The maximum Gasteiger partial charge on any atom is 0.225 e. The topological polar surface area (TPSA) is 62.3 Å². The third-order valence-electron chi connectivity index (χ3n) is 4.70. The number of carbonyl (C=O) groups is 2. The van der Waals surface area contributed by atoms with Crippen molar-refractivity contribution in [3.05, 3.63) is 30.1 Å². The lowest BCUT2D eigenvalue weighted by atomic mass is 10.1. The van der Waals surface area contributed by atoms with Gasteiger partial charge in [-0.05, 0) is 25.0 Å². The minimum Gasteiger partial charge on any atom is -0.355 e. The van der Waals surface area contributed by atoms with Gasteiger partial charge in [-0.25, -0.2) is 0 Å². The number of nitrogens with one attached hydrogen (secondary N) is 1. The molecule has 1 saturated carbocycles. The number of amides is 2. The maximum absolute atomic E-state index is 12.2. The van der Waals surface area contributed by atoms with Gasteiger partial charge in [0.15, 0.2) is 0 Å². The van der Waals surface area contributed by atoms with Gasteiger partial charge in [-0.3, -0.25) is 14.6 Å². The van der Waals surface area contributed by atoms with Crippen LogP contribution in [0.5, 0.6) is 0 Å². The van der Waals surface area contributed by atoms with Crippen LogP contribution >= 0.6 is 0 Å². The number of hydrogen-bond acceptors (Lipinski definition) is 3. The molecule has 22 heavy (non-hydrogen) atoms. The SMILES string of the molecule is O=C(NCCc1ccccn1)[C@H]1CC(=O)N(C2CCCC2)C1. The second-order valence-electron chi connectivity index (χ2n) is 6.25. The molecule has 5 heteroatoms. The largest absolute Gasteiger partial charge is 0.355 e. The first kappa shape index (κ1) is 15.0. The molecule has 0 bridgehead atoms. The Bertz CT molecular complexity index is 526. The van der Waals surface area contributed by atoms with Crippen molar-refractivity contribution >= 4 is 11.8 Å². The molecule has 3 rings (SSSR count). The smallest absolute Gasteiger partial charge is 0.225 e. The lowest BCUT2D eigenvalue weighted by molar-refractivity contribution is -0.130. The van der Waals surface area contributed by atoms with E-state index in [2.05, 4.69) is 10.3 Å². The van der Waals surface area contributed by atoms with Gasteiger partial charge in [-0.2, -0.15) is 0 Å². The molecule has 0 spiro atoms. The number of rotatable bonds is 5. The van der Waals surface area contributed by atoms with Crippen molar-refractivity contribution in [2.75, 3.05) is 13.1 Å². The summed E-state index contributed by atoms with van der Waals surface area (Å²) in [6.45, 7) is 1.17. The van der Waals surface area contributed by atoms with Crippen LogP contribution in [-0.4, -0.2) is 40.8 Å². The molecule has 5 nitrogen and oxygen atoms in total. The average Bonchev–Trinajstić information content (AvgIpc) is 3.17. The molecule has 1 aliphatic carbocycles. The molecule has 0 unspecified atom stereocenters. The van der Waals surface area contributed by atoms with Gasteiger partial charge >= 0.3 is 0 Å². The van der Waals surface area contributed by atoms with E-state index in [4.69, 9.17) is 0 Å². The second kappa shape index (κ2) is 6.90. The van der Waals surface area contributed by atoms with Crippen LogP contribution in [0.4, 0.5) is 0 Å². The molecule has 0 aromatic carbocycles. The highest BCUT2D eigenvalue weighted by Gasteiger charge is 2.38. The summed E-state index contributed by atoms with van der Waals surface area (Å²) >= 11 is 0. The number of likely N-dealkylation sites (tertiary alicyclic amines) is 1. The van der Waals surface area contributed by atoms with E-state index in [1.165, 1.54) is 12.8 Å². The maximum atomic E-state index is 12.2. The third-order valence-corrected chi connectivity index (χ3v) is 4.70. The van der Waals surface area contributed by atoms with Gasteiger partial charge in [0.05, 0.1) is 5.92 Å². The molecule has 1 aromatic rings. The zero-order valence-corrected chi connectivity index (χ0v) is 12.8. The molecule has 2 heterocycles. The summed E-state index contributed by atoms with van der Waals surface area (Å²) in [5.74, 6) is -0.0293. The zero-order chi connectivity index (χ0) is 15.4. The number of nitrogens with zero attached hydrogens (tertiary/aromatic N) is 2. The van der Waals surface area contributed by atoms with E-state index in [9.17, 15) is 9.59 Å². The molecule has 0 radical (unpaired) electrons. The summed E-state index contributed by atoms with van der Waals surface area (Å²) in [6.07, 6.45) is 7.45. The quantitative estimate of drug-likeness (QED) is 0.897. The average molecular weight is 301 g/mol. The van der Waals surface area contributed by atoms with E-state index in [0.717, 1.165) is 25.0 Å². The molecule has 2 aliphatic rings. The van der Waals surface area contributed by atoms with E-state index >= 15 is 0 Å². The van der Waals surface area contributed by atoms with Gasteiger partial charge < -0.3 is 10.2 Å². The summed E-state index contributed by atoms with van der Waals surface area (Å²) in [7, 11) is 0. The number of aromatic nitrogens is 1. The van der Waals surface area contributed by atoms with Gasteiger partial charge in [0.25, 0.3) is 0 Å². The van der Waals surface area contributed by atoms with Crippen LogP contribution in [0.25, 0.3) is 0 Å². The number of pyridine rings is 1. The normalized spacial score (nSPS) is 22.3. The van der Waals surface area contributed by atoms with Crippen LogP contribution in [0, 0.1) is 5.92 Å². The van der Waals surface area contributed by atoms with Crippen LogP contribution in [0.1, 0.15) is 37.8 Å². The Labute approximate surface area is 131 Å². The van der Waals surface area contributed by atoms with Gasteiger partial charge in [0.1, 0.15) is 0 Å². The van der Waals surface area contributed by atoms with Gasteiger partial charge in [-0.15, -0.1) is 0 Å². The Balaban J connectivity index is 1.45. The minimum atomic E-state index is -0.183. The summed E-state index contributed by atoms with van der Waals surface area (Å²) in [4.78, 5) is 30.5. The van der Waals surface area contributed by atoms with Gasteiger partial charge in [0, 0.05) is 43.9 Å². The van der Waals surface area contributed by atoms with Crippen molar-refractivity contribution in [1.29, 1.82) is 0 Å². The molecule has 2 fully saturated rings. The molecule has 1 aromatic heterocycles. The number of carbonyl (C=O) groups excluding carboxylic acids is 2. The number of hydrogen-bond donors (Lipinski definition) is 1. The second-order valence-corrected chi connectivity index (χ2v) is 6.25. The van der Waals surface area contributed by atoms with E-state index in [0.29, 0.717) is 25.6 Å². The Hall–Kier alpha value is -1.91. The highest BCUT2D eigenvalue weighted by Crippen LogP contribution is 2.29. The molecular weight excluding hydrogens is 278 g/mol. The standard InChI is InChI=1S/C17H23N3O2/c21-16-11-13(12-20(16)15-6-1-2-7-15)17(22)19-10-8-14-5-3-4-9-18-14/h3-5,9,13,15H,1-2,6-8,10-12H2,(H,19,22)/t13-/m0/s1. The van der Waals surface area contributed by atoms with Crippen molar-refractivity contribution in [1.82, 2.24) is 15.2 Å². The van der Waals surface area contributed by atoms with E-state index < -0.39 is 0 Å². The third kappa shape index (κ3) is 3.46.